The van der Waals surface area contributed by atoms with E-state index in [1.54, 1.807) is 42.7 Å². The Hall–Kier alpha value is -3.54. The zero-order chi connectivity index (χ0) is 21.4. The zero-order valence-corrected chi connectivity index (χ0v) is 17.8. The maximum atomic E-state index is 5.55. The highest BCUT2D eigenvalue weighted by atomic mass is 16.5. The number of benzene rings is 4. The molecule has 0 heterocycles. The molecule has 1 radical (unpaired) electrons. The second kappa shape index (κ2) is 7.71. The van der Waals surface area contributed by atoms with Crippen molar-refractivity contribution in [1.82, 2.24) is 0 Å². The van der Waals surface area contributed by atoms with Gasteiger partial charge in [0.05, 0.1) is 42.7 Å². The van der Waals surface area contributed by atoms with Gasteiger partial charge in [0.25, 0.3) is 0 Å². The molecule has 0 aliphatic carbocycles. The smallest absolute Gasteiger partial charge is 0.169 e. The summed E-state index contributed by atoms with van der Waals surface area (Å²) >= 11 is 0. The lowest BCUT2D eigenvalue weighted by atomic mass is 9.93. The summed E-state index contributed by atoms with van der Waals surface area (Å²) in [7, 11) is 9.69. The quantitative estimate of drug-likeness (QED) is 0.420. The molecule has 0 aliphatic rings. The fourth-order valence-corrected chi connectivity index (χ4v) is 3.87. The predicted molar refractivity (Wildman–Crippen MR) is 117 cm³/mol. The molecule has 0 atom stereocenters. The minimum absolute atomic E-state index is 0.529. The van der Waals surface area contributed by atoms with E-state index in [9.17, 15) is 0 Å². The third-order valence-corrected chi connectivity index (χ3v) is 5.33. The first kappa shape index (κ1) is 19.8. The largest absolute Gasteiger partial charge is 0.493 e. The Labute approximate surface area is 174 Å². The molecule has 0 unspecified atom stereocenters. The minimum Gasteiger partial charge on any atom is -0.493 e. The molecule has 6 nitrogen and oxygen atoms in total. The number of rotatable bonds is 6. The van der Waals surface area contributed by atoms with E-state index in [2.05, 4.69) is 6.07 Å². The van der Waals surface area contributed by atoms with Crippen LogP contribution in [0.25, 0.3) is 32.3 Å². The van der Waals surface area contributed by atoms with Crippen molar-refractivity contribution in [3.05, 3.63) is 36.4 Å². The van der Waals surface area contributed by atoms with Crippen molar-refractivity contribution in [2.75, 3.05) is 42.7 Å². The van der Waals surface area contributed by atoms with E-state index in [-0.39, 0.29) is 0 Å². The monoisotopic (exact) mass is 407 g/mol. The Morgan fingerprint density at radius 3 is 1.13 bits per heavy atom. The summed E-state index contributed by atoms with van der Waals surface area (Å²) in [5, 5.41) is 5.70. The molecule has 0 aliphatic heterocycles. The van der Waals surface area contributed by atoms with E-state index in [1.165, 1.54) is 0 Å². The van der Waals surface area contributed by atoms with Gasteiger partial charge in [0.2, 0.25) is 0 Å². The van der Waals surface area contributed by atoms with Crippen LogP contribution in [0.5, 0.6) is 34.5 Å². The van der Waals surface area contributed by atoms with E-state index in [0.29, 0.717) is 34.5 Å². The highest BCUT2D eigenvalue weighted by molar-refractivity contribution is 6.26. The van der Waals surface area contributed by atoms with Gasteiger partial charge in [0.1, 0.15) is 0 Å². The maximum Gasteiger partial charge on any atom is 0.169 e. The van der Waals surface area contributed by atoms with Gasteiger partial charge in [-0.2, -0.15) is 0 Å². The molecule has 0 spiro atoms. The van der Waals surface area contributed by atoms with Crippen LogP contribution in [0.4, 0.5) is 0 Å². The van der Waals surface area contributed by atoms with Gasteiger partial charge in [0, 0.05) is 11.5 Å². The summed E-state index contributed by atoms with van der Waals surface area (Å²) in [6.45, 7) is 0. The number of methoxy groups -OCH3 is 6. The molecule has 0 fully saturated rings. The van der Waals surface area contributed by atoms with E-state index < -0.39 is 0 Å². The lowest BCUT2D eigenvalue weighted by molar-refractivity contribution is 0.355. The highest BCUT2D eigenvalue weighted by Crippen LogP contribution is 2.46. The summed E-state index contributed by atoms with van der Waals surface area (Å²) in [4.78, 5) is 0. The first-order valence-electron chi connectivity index (χ1n) is 9.31. The van der Waals surface area contributed by atoms with Crippen molar-refractivity contribution in [1.29, 1.82) is 0 Å². The fourth-order valence-electron chi connectivity index (χ4n) is 3.87. The molecule has 155 valence electrons. The standard InChI is InChI=1S/C24H23O6/c1-25-19-7-13-14(8-20(19)26-2)16-10-22(28-4)24(30-6)12-18(16)17-11-23(29-5)21(27-3)9-15(13)17/h7-11H,1-6H3. The van der Waals surface area contributed by atoms with Crippen LogP contribution < -0.4 is 28.4 Å². The molecular weight excluding hydrogens is 384 g/mol. The van der Waals surface area contributed by atoms with Crippen molar-refractivity contribution in [3.63, 3.8) is 0 Å². The molecule has 6 heteroatoms. The van der Waals surface area contributed by atoms with Gasteiger partial charge < -0.3 is 28.4 Å². The Bertz CT molecular complexity index is 979. The SMILES string of the molecule is COc1[c]c2c(cc1OC)c1cc(OC)c(OC)cc1c1cc(OC)c(OC)cc21. The van der Waals surface area contributed by atoms with Crippen LogP contribution in [-0.4, -0.2) is 42.7 Å². The summed E-state index contributed by atoms with van der Waals surface area (Å²) in [5.41, 5.74) is 0. The first-order valence-corrected chi connectivity index (χ1v) is 9.31. The molecule has 0 N–H and O–H groups in total. The van der Waals surface area contributed by atoms with Crippen LogP contribution in [0, 0.1) is 6.07 Å². The molecular formula is C24H23O6. The average molecular weight is 407 g/mol. The first-order chi connectivity index (χ1) is 14.6. The van der Waals surface area contributed by atoms with Crippen LogP contribution in [0.2, 0.25) is 0 Å². The minimum atomic E-state index is 0.529. The summed E-state index contributed by atoms with van der Waals surface area (Å²) in [6.07, 6.45) is 0. The predicted octanol–water partition coefficient (Wildman–Crippen LogP) is 5.00. The third-order valence-electron chi connectivity index (χ3n) is 5.33. The lowest BCUT2D eigenvalue weighted by Crippen LogP contribution is -1.96. The van der Waals surface area contributed by atoms with Crippen molar-refractivity contribution in [3.8, 4) is 34.5 Å². The van der Waals surface area contributed by atoms with Gasteiger partial charge in [-0.1, -0.05) is 0 Å². The average Bonchev–Trinajstić information content (AvgIpc) is 2.81. The molecule has 0 amide bonds. The van der Waals surface area contributed by atoms with Crippen LogP contribution in [0.3, 0.4) is 0 Å². The van der Waals surface area contributed by atoms with Crippen molar-refractivity contribution >= 4 is 32.3 Å². The van der Waals surface area contributed by atoms with E-state index in [4.69, 9.17) is 28.4 Å². The number of hydrogen-bond donors (Lipinski definition) is 0. The molecule has 4 aromatic carbocycles. The second-order valence-electron chi connectivity index (χ2n) is 6.67. The Balaban J connectivity index is 2.29. The Morgan fingerprint density at radius 1 is 0.433 bits per heavy atom. The van der Waals surface area contributed by atoms with Gasteiger partial charge in [-0.3, -0.25) is 0 Å². The molecule has 0 saturated heterocycles. The third kappa shape index (κ3) is 2.87. The Kier molecular flexibility index (Phi) is 5.08. The summed E-state index contributed by atoms with van der Waals surface area (Å²) in [5.74, 6) is 3.68. The summed E-state index contributed by atoms with van der Waals surface area (Å²) in [6, 6.07) is 13.2. The molecule has 0 bridgehead atoms. The number of fused-ring (bicyclic) bond motifs is 6. The van der Waals surface area contributed by atoms with Gasteiger partial charge in [-0.05, 0) is 57.3 Å². The zero-order valence-electron chi connectivity index (χ0n) is 17.8. The van der Waals surface area contributed by atoms with Crippen molar-refractivity contribution in [2.24, 2.45) is 0 Å². The van der Waals surface area contributed by atoms with E-state index >= 15 is 0 Å². The van der Waals surface area contributed by atoms with Crippen molar-refractivity contribution < 1.29 is 28.4 Å². The van der Waals surface area contributed by atoms with Gasteiger partial charge in [0.15, 0.2) is 34.5 Å². The van der Waals surface area contributed by atoms with Crippen LogP contribution >= 0.6 is 0 Å². The van der Waals surface area contributed by atoms with Crippen molar-refractivity contribution in [2.45, 2.75) is 0 Å². The lowest BCUT2D eigenvalue weighted by Gasteiger charge is -2.17. The second-order valence-corrected chi connectivity index (χ2v) is 6.67. The van der Waals surface area contributed by atoms with Gasteiger partial charge in [-0.15, -0.1) is 0 Å². The summed E-state index contributed by atoms with van der Waals surface area (Å²) < 4.78 is 33.2. The van der Waals surface area contributed by atoms with Crippen LogP contribution in [0.15, 0.2) is 30.3 Å². The fraction of sp³-hybridized carbons (Fsp3) is 0.250. The Morgan fingerprint density at radius 2 is 0.767 bits per heavy atom. The number of hydrogen-bond acceptors (Lipinski definition) is 6. The normalized spacial score (nSPS) is 11.0. The topological polar surface area (TPSA) is 55.4 Å². The van der Waals surface area contributed by atoms with E-state index in [1.807, 2.05) is 30.3 Å². The molecule has 0 saturated carbocycles. The molecule has 4 rings (SSSR count). The van der Waals surface area contributed by atoms with Gasteiger partial charge >= 0.3 is 0 Å². The van der Waals surface area contributed by atoms with Crippen LogP contribution in [-0.2, 0) is 0 Å². The van der Waals surface area contributed by atoms with Crippen LogP contribution in [0.1, 0.15) is 0 Å². The number of ether oxygens (including phenoxy) is 6. The van der Waals surface area contributed by atoms with Gasteiger partial charge in [-0.25, -0.2) is 0 Å². The molecule has 4 aromatic rings. The maximum absolute atomic E-state index is 5.55. The van der Waals surface area contributed by atoms with E-state index in [0.717, 1.165) is 32.3 Å². The highest BCUT2D eigenvalue weighted by Gasteiger charge is 2.18. The molecule has 0 aromatic heterocycles. The molecule has 30 heavy (non-hydrogen) atoms.